The van der Waals surface area contributed by atoms with Crippen molar-refractivity contribution in [3.63, 3.8) is 0 Å². The fraction of sp³-hybridized carbons (Fsp3) is 0.389. The highest BCUT2D eigenvalue weighted by molar-refractivity contribution is 8.00. The van der Waals surface area contributed by atoms with Crippen LogP contribution < -0.4 is 10.9 Å². The first-order valence-corrected chi connectivity index (χ1v) is 8.93. The Morgan fingerprint density at radius 1 is 1.33 bits per heavy atom. The molecule has 0 aliphatic heterocycles. The Bertz CT molecular complexity index is 771. The molecule has 1 aromatic carbocycles. The molecule has 1 amide bonds. The lowest BCUT2D eigenvalue weighted by atomic mass is 10.1. The topological polar surface area (TPSA) is 74.8 Å². The first-order chi connectivity index (χ1) is 11.4. The van der Waals surface area contributed by atoms with Crippen molar-refractivity contribution in [2.75, 3.05) is 5.32 Å². The van der Waals surface area contributed by atoms with Gasteiger partial charge in [-0.1, -0.05) is 50.7 Å². The van der Waals surface area contributed by atoms with E-state index in [1.807, 2.05) is 52.0 Å². The SMILES string of the molecule is CCC(Sc1nc(C(C)C)cc(=O)[nH]1)C(=O)Nc1ccccc1C. The van der Waals surface area contributed by atoms with Gasteiger partial charge in [0.05, 0.1) is 10.9 Å². The fourth-order valence-corrected chi connectivity index (χ4v) is 3.11. The molecule has 0 fully saturated rings. The van der Waals surface area contributed by atoms with Gasteiger partial charge >= 0.3 is 0 Å². The number of nitrogens with zero attached hydrogens (tertiary/aromatic N) is 1. The molecule has 0 bridgehead atoms. The van der Waals surface area contributed by atoms with E-state index in [9.17, 15) is 9.59 Å². The zero-order valence-corrected chi connectivity index (χ0v) is 15.2. The van der Waals surface area contributed by atoms with Crippen LogP contribution in [0, 0.1) is 6.92 Å². The molecule has 0 aliphatic rings. The summed E-state index contributed by atoms with van der Waals surface area (Å²) in [6.07, 6.45) is 0.637. The second-order valence-corrected chi connectivity index (χ2v) is 7.14. The molecule has 2 N–H and O–H groups in total. The summed E-state index contributed by atoms with van der Waals surface area (Å²) in [4.78, 5) is 31.5. The highest BCUT2D eigenvalue weighted by atomic mass is 32.2. The molecule has 0 aliphatic carbocycles. The number of H-pyrrole nitrogens is 1. The summed E-state index contributed by atoms with van der Waals surface area (Å²) in [5.41, 5.74) is 2.36. The summed E-state index contributed by atoms with van der Waals surface area (Å²) in [6, 6.07) is 9.16. The Morgan fingerprint density at radius 2 is 2.04 bits per heavy atom. The van der Waals surface area contributed by atoms with Crippen LogP contribution in [0.1, 0.15) is 44.4 Å². The number of aromatic amines is 1. The number of carbonyl (C=O) groups is 1. The van der Waals surface area contributed by atoms with E-state index < -0.39 is 0 Å². The van der Waals surface area contributed by atoms with Crippen molar-refractivity contribution in [3.05, 3.63) is 51.9 Å². The number of aryl methyl sites for hydroxylation is 1. The first kappa shape index (κ1) is 18.3. The van der Waals surface area contributed by atoms with Gasteiger partial charge in [0.25, 0.3) is 5.56 Å². The standard InChI is InChI=1S/C18H23N3O2S/c1-5-15(17(23)19-13-9-7-6-8-12(13)4)24-18-20-14(11(2)3)10-16(22)21-18/h6-11,15H,5H2,1-4H3,(H,19,23)(H,20,21,22). The average molecular weight is 345 g/mol. The summed E-state index contributed by atoms with van der Waals surface area (Å²) in [7, 11) is 0. The molecule has 1 aromatic heterocycles. The number of nitrogens with one attached hydrogen (secondary N) is 2. The van der Waals surface area contributed by atoms with Gasteiger partial charge in [0, 0.05) is 11.8 Å². The molecule has 6 heteroatoms. The smallest absolute Gasteiger partial charge is 0.251 e. The fourth-order valence-electron chi connectivity index (χ4n) is 2.19. The van der Waals surface area contributed by atoms with Crippen molar-refractivity contribution in [2.24, 2.45) is 0 Å². The monoisotopic (exact) mass is 345 g/mol. The van der Waals surface area contributed by atoms with E-state index in [0.717, 1.165) is 16.9 Å². The van der Waals surface area contributed by atoms with E-state index in [0.29, 0.717) is 11.6 Å². The van der Waals surface area contributed by atoms with Crippen LogP contribution in [0.25, 0.3) is 0 Å². The predicted molar refractivity (Wildman–Crippen MR) is 98.7 cm³/mol. The van der Waals surface area contributed by atoms with Gasteiger partial charge in [-0.05, 0) is 30.9 Å². The lowest BCUT2D eigenvalue weighted by Gasteiger charge is -2.16. The van der Waals surface area contributed by atoms with Crippen LogP contribution >= 0.6 is 11.8 Å². The minimum absolute atomic E-state index is 0.0885. The number of thioether (sulfide) groups is 1. The summed E-state index contributed by atoms with van der Waals surface area (Å²) < 4.78 is 0. The number of benzene rings is 1. The molecule has 0 spiro atoms. The minimum Gasteiger partial charge on any atom is -0.325 e. The molecular formula is C18H23N3O2S. The zero-order chi connectivity index (χ0) is 17.7. The first-order valence-electron chi connectivity index (χ1n) is 8.05. The Labute approximate surface area is 146 Å². The van der Waals surface area contributed by atoms with E-state index in [-0.39, 0.29) is 22.6 Å². The molecule has 0 radical (unpaired) electrons. The Kier molecular flexibility index (Phi) is 6.20. The van der Waals surface area contributed by atoms with Crippen LogP contribution in [0.4, 0.5) is 5.69 Å². The van der Waals surface area contributed by atoms with E-state index in [4.69, 9.17) is 0 Å². The van der Waals surface area contributed by atoms with Crippen LogP contribution in [-0.4, -0.2) is 21.1 Å². The second kappa shape index (κ2) is 8.15. The van der Waals surface area contributed by atoms with E-state index in [1.54, 1.807) is 0 Å². The van der Waals surface area contributed by atoms with Crippen molar-refractivity contribution in [1.29, 1.82) is 0 Å². The van der Waals surface area contributed by atoms with Crippen LogP contribution in [0.5, 0.6) is 0 Å². The number of hydrogen-bond donors (Lipinski definition) is 2. The van der Waals surface area contributed by atoms with Crippen molar-refractivity contribution in [1.82, 2.24) is 9.97 Å². The summed E-state index contributed by atoms with van der Waals surface area (Å²) in [6.45, 7) is 7.87. The maximum atomic E-state index is 12.6. The molecule has 24 heavy (non-hydrogen) atoms. The van der Waals surface area contributed by atoms with Crippen LogP contribution in [0.15, 0.2) is 40.3 Å². The van der Waals surface area contributed by atoms with Gasteiger partial charge in [0.2, 0.25) is 5.91 Å². The Balaban J connectivity index is 2.16. The van der Waals surface area contributed by atoms with Crippen molar-refractivity contribution in [2.45, 2.75) is 50.4 Å². The number of hydrogen-bond acceptors (Lipinski definition) is 4. The zero-order valence-electron chi connectivity index (χ0n) is 14.4. The highest BCUT2D eigenvalue weighted by Crippen LogP contribution is 2.24. The number of anilines is 1. The number of aromatic nitrogens is 2. The average Bonchev–Trinajstić information content (AvgIpc) is 2.54. The lowest BCUT2D eigenvalue weighted by molar-refractivity contribution is -0.115. The molecule has 0 saturated heterocycles. The van der Waals surface area contributed by atoms with Gasteiger partial charge in [0.1, 0.15) is 0 Å². The van der Waals surface area contributed by atoms with Crippen molar-refractivity contribution >= 4 is 23.4 Å². The lowest BCUT2D eigenvalue weighted by Crippen LogP contribution is -2.25. The normalized spacial score (nSPS) is 12.2. The second-order valence-electron chi connectivity index (χ2n) is 5.95. The maximum absolute atomic E-state index is 12.6. The van der Waals surface area contributed by atoms with Gasteiger partial charge in [-0.3, -0.25) is 9.59 Å². The quantitative estimate of drug-likeness (QED) is 0.618. The van der Waals surface area contributed by atoms with Crippen molar-refractivity contribution in [3.8, 4) is 0 Å². The van der Waals surface area contributed by atoms with Crippen molar-refractivity contribution < 1.29 is 4.79 Å². The molecule has 2 rings (SSSR count). The van der Waals surface area contributed by atoms with Crippen LogP contribution in [0.2, 0.25) is 0 Å². The number of rotatable bonds is 6. The minimum atomic E-state index is -0.324. The molecule has 2 aromatic rings. The molecule has 5 nitrogen and oxygen atoms in total. The van der Waals surface area contributed by atoms with Gasteiger partial charge < -0.3 is 10.3 Å². The number of amides is 1. The number of para-hydroxylation sites is 1. The third-order valence-corrected chi connectivity index (χ3v) is 4.90. The molecule has 1 unspecified atom stereocenters. The highest BCUT2D eigenvalue weighted by Gasteiger charge is 2.20. The summed E-state index contributed by atoms with van der Waals surface area (Å²) in [5, 5.41) is 3.11. The van der Waals surface area contributed by atoms with Gasteiger partial charge in [-0.2, -0.15) is 0 Å². The number of carbonyl (C=O) groups excluding carboxylic acids is 1. The largest absolute Gasteiger partial charge is 0.325 e. The van der Waals surface area contributed by atoms with Gasteiger partial charge in [-0.15, -0.1) is 0 Å². The van der Waals surface area contributed by atoms with E-state index in [2.05, 4.69) is 15.3 Å². The van der Waals surface area contributed by atoms with Gasteiger partial charge in [-0.25, -0.2) is 4.98 Å². The van der Waals surface area contributed by atoms with Gasteiger partial charge in [0.15, 0.2) is 5.16 Å². The molecule has 128 valence electrons. The predicted octanol–water partition coefficient (Wildman–Crippen LogP) is 3.71. The third-order valence-electron chi connectivity index (χ3n) is 3.65. The van der Waals surface area contributed by atoms with Crippen LogP contribution in [-0.2, 0) is 4.79 Å². The Morgan fingerprint density at radius 3 is 2.67 bits per heavy atom. The molecular weight excluding hydrogens is 322 g/mol. The van der Waals surface area contributed by atoms with Crippen LogP contribution in [0.3, 0.4) is 0 Å². The molecule has 1 atom stereocenters. The summed E-state index contributed by atoms with van der Waals surface area (Å²) >= 11 is 1.29. The molecule has 1 heterocycles. The van der Waals surface area contributed by atoms with E-state index in [1.165, 1.54) is 17.8 Å². The maximum Gasteiger partial charge on any atom is 0.251 e. The molecule has 0 saturated carbocycles. The van der Waals surface area contributed by atoms with E-state index >= 15 is 0 Å². The Hall–Kier alpha value is -2.08. The summed E-state index contributed by atoms with van der Waals surface area (Å²) in [5.74, 6) is 0.0712. The third kappa shape index (κ3) is 4.71.